The van der Waals surface area contributed by atoms with Gasteiger partial charge in [0.1, 0.15) is 5.72 Å². The van der Waals surface area contributed by atoms with Gasteiger partial charge in [0.25, 0.3) is 0 Å². The molecule has 160 valence electrons. The number of hydrogen-bond acceptors (Lipinski definition) is 7. The van der Waals surface area contributed by atoms with Crippen molar-refractivity contribution < 1.29 is 15.0 Å². The van der Waals surface area contributed by atoms with E-state index in [1.807, 2.05) is 32.3 Å². The van der Waals surface area contributed by atoms with Gasteiger partial charge in [0.2, 0.25) is 5.95 Å². The van der Waals surface area contributed by atoms with E-state index < -0.39 is 11.7 Å². The third-order valence-electron chi connectivity index (χ3n) is 4.93. The summed E-state index contributed by atoms with van der Waals surface area (Å²) in [6.45, 7) is 9.45. The summed E-state index contributed by atoms with van der Waals surface area (Å²) in [5, 5.41) is 26.0. The summed E-state index contributed by atoms with van der Waals surface area (Å²) < 4.78 is 1.90. The number of nitrogens with one attached hydrogen (secondary N) is 2. The maximum atomic E-state index is 11.2. The molecule has 1 aromatic carbocycles. The summed E-state index contributed by atoms with van der Waals surface area (Å²) >= 11 is 6.09. The van der Waals surface area contributed by atoms with Gasteiger partial charge in [-0.25, -0.2) is 9.78 Å². The van der Waals surface area contributed by atoms with E-state index in [-0.39, 0.29) is 28.5 Å². The minimum absolute atomic E-state index is 0.00877. The van der Waals surface area contributed by atoms with Crippen molar-refractivity contribution in [1.82, 2.24) is 19.5 Å². The lowest BCUT2D eigenvalue weighted by Gasteiger charge is -2.29. The maximum absolute atomic E-state index is 11.2. The molecule has 0 saturated heterocycles. The van der Waals surface area contributed by atoms with Crippen molar-refractivity contribution in [2.45, 2.75) is 46.4 Å². The molecule has 2 heterocycles. The molecule has 9 nitrogen and oxygen atoms in total. The SMILES string of the molecule is CC(C)n1cnc2c(Nc3ccc(C(=O)O)c(Cl)c3)nc(N[C@](C)(O)C(C)C)nc21. The number of rotatable bonds is 7. The summed E-state index contributed by atoms with van der Waals surface area (Å²) in [4.78, 5) is 24.7. The number of carboxylic acids is 1. The van der Waals surface area contributed by atoms with Crippen LogP contribution in [0.1, 0.15) is 51.0 Å². The van der Waals surface area contributed by atoms with Gasteiger partial charge in [0, 0.05) is 17.6 Å². The Morgan fingerprint density at radius 3 is 2.50 bits per heavy atom. The number of halogens is 1. The van der Waals surface area contributed by atoms with Gasteiger partial charge in [-0.2, -0.15) is 9.97 Å². The van der Waals surface area contributed by atoms with E-state index in [2.05, 4.69) is 25.6 Å². The Labute approximate surface area is 179 Å². The minimum atomic E-state index is -1.22. The van der Waals surface area contributed by atoms with Crippen molar-refractivity contribution >= 4 is 46.2 Å². The monoisotopic (exact) mass is 432 g/mol. The molecule has 0 fully saturated rings. The molecule has 0 amide bonds. The third-order valence-corrected chi connectivity index (χ3v) is 5.24. The van der Waals surface area contributed by atoms with Gasteiger partial charge in [0.05, 0.1) is 16.9 Å². The zero-order valence-corrected chi connectivity index (χ0v) is 18.2. The first-order chi connectivity index (χ1) is 14.0. The molecular weight excluding hydrogens is 408 g/mol. The van der Waals surface area contributed by atoms with Gasteiger partial charge < -0.3 is 25.4 Å². The minimum Gasteiger partial charge on any atom is -0.478 e. The number of benzene rings is 1. The topological polar surface area (TPSA) is 125 Å². The lowest BCUT2D eigenvalue weighted by molar-refractivity contribution is 0.0414. The molecule has 0 bridgehead atoms. The van der Waals surface area contributed by atoms with Crippen molar-refractivity contribution in [3.8, 4) is 0 Å². The zero-order valence-electron chi connectivity index (χ0n) is 17.4. The van der Waals surface area contributed by atoms with Crippen molar-refractivity contribution in [2.75, 3.05) is 10.6 Å². The van der Waals surface area contributed by atoms with Crippen LogP contribution in [0.25, 0.3) is 11.2 Å². The highest BCUT2D eigenvalue weighted by Crippen LogP contribution is 2.29. The number of carboxylic acid groups (broad SMARTS) is 1. The Balaban J connectivity index is 2.08. The number of carbonyl (C=O) groups is 1. The Hall–Kier alpha value is -2.91. The Morgan fingerprint density at radius 1 is 1.23 bits per heavy atom. The number of imidazole rings is 1. The standard InChI is InChI=1S/C20H25ClN6O3/c1-10(2)20(5,30)26-19-24-16(15-17(25-19)27(9-22-15)11(3)4)23-12-6-7-13(18(28)29)14(21)8-12/h6-11,30H,1-5H3,(H,28,29)(H2,23,24,25,26)/t20-/m1/s1. The summed E-state index contributed by atoms with van der Waals surface area (Å²) in [6, 6.07) is 4.64. The molecule has 3 rings (SSSR count). The quantitative estimate of drug-likeness (QED) is 0.407. The largest absolute Gasteiger partial charge is 0.478 e. The maximum Gasteiger partial charge on any atom is 0.337 e. The highest BCUT2D eigenvalue weighted by atomic mass is 35.5. The molecule has 0 aliphatic rings. The number of fused-ring (bicyclic) bond motifs is 1. The molecule has 30 heavy (non-hydrogen) atoms. The van der Waals surface area contributed by atoms with E-state index in [1.165, 1.54) is 12.1 Å². The zero-order chi connectivity index (χ0) is 22.2. The second-order valence-electron chi connectivity index (χ2n) is 7.87. The van der Waals surface area contributed by atoms with Gasteiger partial charge in [-0.1, -0.05) is 25.4 Å². The van der Waals surface area contributed by atoms with E-state index in [1.54, 1.807) is 19.3 Å². The van der Waals surface area contributed by atoms with Crippen LogP contribution in [-0.2, 0) is 0 Å². The second-order valence-corrected chi connectivity index (χ2v) is 8.27. The summed E-state index contributed by atoms with van der Waals surface area (Å²) in [7, 11) is 0. The molecule has 0 radical (unpaired) electrons. The van der Waals surface area contributed by atoms with Crippen LogP contribution in [0.3, 0.4) is 0 Å². The van der Waals surface area contributed by atoms with Crippen LogP contribution in [0.4, 0.5) is 17.5 Å². The normalized spacial score (nSPS) is 13.6. The van der Waals surface area contributed by atoms with Crippen molar-refractivity contribution in [3.05, 3.63) is 35.1 Å². The molecule has 2 aromatic heterocycles. The fraction of sp³-hybridized carbons (Fsp3) is 0.400. The smallest absolute Gasteiger partial charge is 0.337 e. The van der Waals surface area contributed by atoms with Crippen LogP contribution in [-0.4, -0.2) is 41.4 Å². The molecule has 1 atom stereocenters. The van der Waals surface area contributed by atoms with Crippen LogP contribution >= 0.6 is 11.6 Å². The van der Waals surface area contributed by atoms with Crippen molar-refractivity contribution in [2.24, 2.45) is 5.92 Å². The second kappa shape index (κ2) is 8.08. The summed E-state index contributed by atoms with van der Waals surface area (Å²) in [5.74, 6) is -0.556. The lowest BCUT2D eigenvalue weighted by atomic mass is 10.0. The molecular formula is C20H25ClN6O3. The van der Waals surface area contributed by atoms with E-state index >= 15 is 0 Å². The van der Waals surface area contributed by atoms with Crippen LogP contribution in [0.2, 0.25) is 5.02 Å². The fourth-order valence-corrected chi connectivity index (χ4v) is 2.97. The number of nitrogens with zero attached hydrogens (tertiary/aromatic N) is 4. The number of aromatic carboxylic acids is 1. The van der Waals surface area contributed by atoms with Gasteiger partial charge in [-0.3, -0.25) is 0 Å². The molecule has 0 aliphatic carbocycles. The number of aromatic nitrogens is 4. The number of anilines is 3. The highest BCUT2D eigenvalue weighted by molar-refractivity contribution is 6.33. The van der Waals surface area contributed by atoms with Crippen LogP contribution in [0, 0.1) is 5.92 Å². The average molecular weight is 433 g/mol. The van der Waals surface area contributed by atoms with Gasteiger partial charge in [-0.05, 0) is 39.0 Å². The van der Waals surface area contributed by atoms with Crippen molar-refractivity contribution in [3.63, 3.8) is 0 Å². The summed E-state index contributed by atoms with van der Waals surface area (Å²) in [5.41, 5.74) is 0.468. The van der Waals surface area contributed by atoms with E-state index in [4.69, 9.17) is 16.7 Å². The van der Waals surface area contributed by atoms with E-state index in [0.29, 0.717) is 22.7 Å². The van der Waals surface area contributed by atoms with Crippen LogP contribution < -0.4 is 10.6 Å². The Bertz CT molecular complexity index is 1090. The first-order valence-corrected chi connectivity index (χ1v) is 9.92. The number of aliphatic hydroxyl groups is 1. The first-order valence-electron chi connectivity index (χ1n) is 9.54. The van der Waals surface area contributed by atoms with E-state index in [9.17, 15) is 9.90 Å². The fourth-order valence-electron chi connectivity index (χ4n) is 2.71. The molecule has 10 heteroatoms. The number of hydrogen-bond donors (Lipinski definition) is 4. The average Bonchev–Trinajstić information content (AvgIpc) is 3.05. The summed E-state index contributed by atoms with van der Waals surface area (Å²) in [6.07, 6.45) is 1.68. The first kappa shape index (κ1) is 21.8. The predicted octanol–water partition coefficient (Wildman–Crippen LogP) is 4.28. The van der Waals surface area contributed by atoms with Gasteiger partial charge in [0.15, 0.2) is 17.0 Å². The predicted molar refractivity (Wildman–Crippen MR) is 116 cm³/mol. The van der Waals surface area contributed by atoms with Crippen LogP contribution in [0.15, 0.2) is 24.5 Å². The molecule has 4 N–H and O–H groups in total. The van der Waals surface area contributed by atoms with Crippen molar-refractivity contribution in [1.29, 1.82) is 0 Å². The van der Waals surface area contributed by atoms with E-state index in [0.717, 1.165) is 0 Å². The molecule has 0 aliphatic heterocycles. The molecule has 0 unspecified atom stereocenters. The Kier molecular flexibility index (Phi) is 5.87. The highest BCUT2D eigenvalue weighted by Gasteiger charge is 2.27. The molecule has 0 saturated carbocycles. The van der Waals surface area contributed by atoms with Gasteiger partial charge >= 0.3 is 5.97 Å². The lowest BCUT2D eigenvalue weighted by Crippen LogP contribution is -2.40. The molecule has 0 spiro atoms. The van der Waals surface area contributed by atoms with Crippen LogP contribution in [0.5, 0.6) is 0 Å². The third kappa shape index (κ3) is 4.31. The van der Waals surface area contributed by atoms with Gasteiger partial charge in [-0.15, -0.1) is 0 Å². The Morgan fingerprint density at radius 2 is 1.93 bits per heavy atom. The molecule has 3 aromatic rings.